The average Bonchev–Trinajstić information content (AvgIpc) is 3.54. The number of hydrogen-bond acceptors (Lipinski definition) is 5. The number of nitrogens with one attached hydrogen (secondary N) is 1. The van der Waals surface area contributed by atoms with Crippen molar-refractivity contribution >= 4 is 23.3 Å². The molecule has 2 aliphatic heterocycles. The van der Waals surface area contributed by atoms with Crippen LogP contribution in [0, 0.1) is 0 Å². The van der Waals surface area contributed by atoms with Crippen LogP contribution in [0.2, 0.25) is 0 Å². The van der Waals surface area contributed by atoms with E-state index in [1.54, 1.807) is 16.2 Å². The van der Waals surface area contributed by atoms with Gasteiger partial charge in [0.1, 0.15) is 18.9 Å². The molecule has 0 bridgehead atoms. The molecule has 2 aliphatic rings. The second-order valence-corrected chi connectivity index (χ2v) is 11.3. The number of nitrogens with zero attached hydrogens (tertiary/aromatic N) is 2. The van der Waals surface area contributed by atoms with Crippen LogP contribution in [0.4, 0.5) is 4.79 Å². The maximum atomic E-state index is 13.7. The molecule has 2 aromatic rings. The molecule has 2 atom stereocenters. The Kier molecular flexibility index (Phi) is 8.90. The lowest BCUT2D eigenvalue weighted by molar-refractivity contribution is -0.135. The summed E-state index contributed by atoms with van der Waals surface area (Å²) in [6, 6.07) is 9.87. The number of carbonyl (C=O) groups is 2. The van der Waals surface area contributed by atoms with Gasteiger partial charge in [-0.1, -0.05) is 26.0 Å². The number of hydrogen-bond donors (Lipinski definition) is 1. The van der Waals surface area contributed by atoms with Gasteiger partial charge in [0.15, 0.2) is 0 Å². The number of benzene rings is 1. The fourth-order valence-corrected chi connectivity index (χ4v) is 5.77. The molecule has 0 saturated carbocycles. The summed E-state index contributed by atoms with van der Waals surface area (Å²) in [6.07, 6.45) is 2.70. The maximum absolute atomic E-state index is 13.7. The van der Waals surface area contributed by atoms with Gasteiger partial charge in [0.2, 0.25) is 5.91 Å². The van der Waals surface area contributed by atoms with E-state index in [2.05, 4.69) is 42.7 Å². The first-order valence-electron chi connectivity index (χ1n) is 13.1. The highest BCUT2D eigenvalue weighted by Crippen LogP contribution is 2.34. The first-order valence-corrected chi connectivity index (χ1v) is 13.9. The van der Waals surface area contributed by atoms with Gasteiger partial charge in [0.05, 0.1) is 12.1 Å². The summed E-state index contributed by atoms with van der Waals surface area (Å²) in [6.45, 7) is 10.3. The highest BCUT2D eigenvalue weighted by atomic mass is 32.1. The van der Waals surface area contributed by atoms with Gasteiger partial charge < -0.3 is 24.6 Å². The molecule has 196 valence electrons. The molecule has 0 radical (unpaired) electrons. The molecule has 1 saturated heterocycles. The molecule has 3 heterocycles. The number of fused-ring (bicyclic) bond motifs is 1. The molecule has 1 N–H and O–H groups in total. The zero-order valence-electron chi connectivity index (χ0n) is 21.9. The summed E-state index contributed by atoms with van der Waals surface area (Å²) in [7, 11) is 0. The van der Waals surface area contributed by atoms with Crippen molar-refractivity contribution in [3.63, 3.8) is 0 Å². The van der Waals surface area contributed by atoms with Gasteiger partial charge >= 0.3 is 6.03 Å². The average molecular weight is 514 g/mol. The quantitative estimate of drug-likeness (QED) is 0.514. The molecule has 0 aliphatic carbocycles. The van der Waals surface area contributed by atoms with Crippen LogP contribution in [-0.4, -0.2) is 66.7 Å². The highest BCUT2D eigenvalue weighted by molar-refractivity contribution is 7.10. The van der Waals surface area contributed by atoms with Gasteiger partial charge in [0, 0.05) is 30.6 Å². The van der Waals surface area contributed by atoms with Crippen LogP contribution in [0.1, 0.15) is 68.5 Å². The standard InChI is InChI=1S/C28H39N3O4S/c1-19(2)21-7-9-22(10-8-21)35-18-25-24-12-15-36-26(24)11-13-31(25)27(32)17-30(28(33)29-20(3)4)16-23-6-5-14-34-23/h7-10,12,15,19-20,23,25H,5-6,11,13-14,16-18H2,1-4H3,(H,29,33). The number of carbonyl (C=O) groups excluding carboxylic acids is 2. The maximum Gasteiger partial charge on any atom is 0.318 e. The minimum Gasteiger partial charge on any atom is -0.491 e. The van der Waals surface area contributed by atoms with Crippen molar-refractivity contribution in [3.05, 3.63) is 51.7 Å². The summed E-state index contributed by atoms with van der Waals surface area (Å²) in [5.74, 6) is 1.20. The molecule has 8 heteroatoms. The monoisotopic (exact) mass is 513 g/mol. The predicted molar refractivity (Wildman–Crippen MR) is 143 cm³/mol. The molecule has 1 fully saturated rings. The van der Waals surface area contributed by atoms with E-state index in [4.69, 9.17) is 9.47 Å². The zero-order valence-corrected chi connectivity index (χ0v) is 22.7. The molecule has 2 unspecified atom stereocenters. The number of rotatable bonds is 9. The Morgan fingerprint density at radius 2 is 1.97 bits per heavy atom. The Morgan fingerprint density at radius 3 is 2.64 bits per heavy atom. The van der Waals surface area contributed by atoms with E-state index < -0.39 is 0 Å². The first kappa shape index (κ1) is 26.5. The number of thiophene rings is 1. The van der Waals surface area contributed by atoms with Crippen LogP contribution in [0.25, 0.3) is 0 Å². The number of ether oxygens (including phenoxy) is 2. The Bertz CT molecular complexity index is 1010. The molecule has 1 aromatic carbocycles. The molecular weight excluding hydrogens is 474 g/mol. The first-order chi connectivity index (χ1) is 17.3. The largest absolute Gasteiger partial charge is 0.491 e. The Hall–Kier alpha value is -2.58. The fourth-order valence-electron chi connectivity index (χ4n) is 4.84. The van der Waals surface area contributed by atoms with Crippen molar-refractivity contribution in [2.45, 2.75) is 71.1 Å². The van der Waals surface area contributed by atoms with Crippen LogP contribution < -0.4 is 10.1 Å². The van der Waals surface area contributed by atoms with E-state index in [-0.39, 0.29) is 36.7 Å². The molecule has 36 heavy (non-hydrogen) atoms. The molecular formula is C28H39N3O4S. The molecule has 3 amide bonds. The molecule has 4 rings (SSSR count). The van der Waals surface area contributed by atoms with Crippen LogP contribution in [0.15, 0.2) is 35.7 Å². The Balaban J connectivity index is 1.47. The Labute approximate surface area is 218 Å². The second kappa shape index (κ2) is 12.1. The minimum atomic E-state index is -0.222. The van der Waals surface area contributed by atoms with E-state index in [9.17, 15) is 9.59 Å². The van der Waals surface area contributed by atoms with Crippen molar-refractivity contribution < 1.29 is 19.1 Å². The smallest absolute Gasteiger partial charge is 0.318 e. The van der Waals surface area contributed by atoms with Gasteiger partial charge in [-0.3, -0.25) is 4.79 Å². The van der Waals surface area contributed by atoms with Crippen LogP contribution in [0.3, 0.4) is 0 Å². The lowest BCUT2D eigenvalue weighted by Crippen LogP contribution is -2.52. The van der Waals surface area contributed by atoms with Gasteiger partial charge in [-0.15, -0.1) is 11.3 Å². The normalized spacial score (nSPS) is 19.4. The van der Waals surface area contributed by atoms with Crippen molar-refractivity contribution in [1.82, 2.24) is 15.1 Å². The number of amides is 3. The van der Waals surface area contributed by atoms with E-state index in [0.717, 1.165) is 30.6 Å². The predicted octanol–water partition coefficient (Wildman–Crippen LogP) is 4.98. The SMILES string of the molecule is CC(C)NC(=O)N(CC(=O)N1CCc2sccc2C1COc1ccc(C(C)C)cc1)CC1CCCO1. The topological polar surface area (TPSA) is 71.1 Å². The number of urea groups is 1. The zero-order chi connectivity index (χ0) is 25.7. The summed E-state index contributed by atoms with van der Waals surface area (Å²) in [5.41, 5.74) is 2.42. The van der Waals surface area contributed by atoms with E-state index in [1.165, 1.54) is 10.4 Å². The summed E-state index contributed by atoms with van der Waals surface area (Å²) in [5, 5.41) is 5.03. The van der Waals surface area contributed by atoms with Gasteiger partial charge in [-0.05, 0) is 73.7 Å². The second-order valence-electron chi connectivity index (χ2n) is 10.3. The third kappa shape index (κ3) is 6.59. The van der Waals surface area contributed by atoms with E-state index in [0.29, 0.717) is 32.2 Å². The van der Waals surface area contributed by atoms with Gasteiger partial charge in [0.25, 0.3) is 0 Å². The third-order valence-corrected chi connectivity index (χ3v) is 7.84. The minimum absolute atomic E-state index is 0.00816. The fraction of sp³-hybridized carbons (Fsp3) is 0.571. The molecule has 1 aromatic heterocycles. The Morgan fingerprint density at radius 1 is 1.19 bits per heavy atom. The summed E-state index contributed by atoms with van der Waals surface area (Å²) >= 11 is 1.73. The molecule has 0 spiro atoms. The summed E-state index contributed by atoms with van der Waals surface area (Å²) in [4.78, 5) is 31.4. The molecule has 7 nitrogen and oxygen atoms in total. The lowest BCUT2D eigenvalue weighted by atomic mass is 10.00. The van der Waals surface area contributed by atoms with Crippen molar-refractivity contribution in [3.8, 4) is 5.75 Å². The van der Waals surface area contributed by atoms with E-state index in [1.807, 2.05) is 30.9 Å². The van der Waals surface area contributed by atoms with Crippen LogP contribution >= 0.6 is 11.3 Å². The third-order valence-electron chi connectivity index (χ3n) is 6.84. The van der Waals surface area contributed by atoms with Gasteiger partial charge in [-0.25, -0.2) is 4.79 Å². The van der Waals surface area contributed by atoms with Crippen LogP contribution in [-0.2, 0) is 16.0 Å². The van der Waals surface area contributed by atoms with Crippen molar-refractivity contribution in [2.24, 2.45) is 0 Å². The summed E-state index contributed by atoms with van der Waals surface area (Å²) < 4.78 is 12.0. The lowest BCUT2D eigenvalue weighted by Gasteiger charge is -2.37. The van der Waals surface area contributed by atoms with Crippen molar-refractivity contribution in [1.29, 1.82) is 0 Å². The highest BCUT2D eigenvalue weighted by Gasteiger charge is 2.34. The van der Waals surface area contributed by atoms with Crippen LogP contribution in [0.5, 0.6) is 5.75 Å². The van der Waals surface area contributed by atoms with Crippen molar-refractivity contribution in [2.75, 3.05) is 32.8 Å². The van der Waals surface area contributed by atoms with Gasteiger partial charge in [-0.2, -0.15) is 0 Å². The van der Waals surface area contributed by atoms with E-state index >= 15 is 0 Å².